The molecule has 1 aromatic heterocycles. The lowest BCUT2D eigenvalue weighted by molar-refractivity contribution is -0.133. The second-order valence-corrected chi connectivity index (χ2v) is 10.4. The number of nitrogens with one attached hydrogen (secondary N) is 1. The molecule has 5 rings (SSSR count). The number of carbonyl (C=O) groups is 2. The van der Waals surface area contributed by atoms with Gasteiger partial charge in [0.15, 0.2) is 11.5 Å². The Hall–Kier alpha value is -3.27. The summed E-state index contributed by atoms with van der Waals surface area (Å²) < 4.78 is 16.7. The minimum atomic E-state index is -0.370. The maximum Gasteiger partial charge on any atom is 0.322 e. The first-order valence-corrected chi connectivity index (χ1v) is 13.4. The van der Waals surface area contributed by atoms with Crippen molar-refractivity contribution < 1.29 is 23.8 Å². The lowest BCUT2D eigenvalue weighted by atomic mass is 10.1. The molecule has 1 saturated heterocycles. The van der Waals surface area contributed by atoms with E-state index in [0.29, 0.717) is 48.5 Å². The maximum atomic E-state index is 13.7. The number of fused-ring (bicyclic) bond motifs is 1. The number of benzene rings is 2. The third-order valence-electron chi connectivity index (χ3n) is 6.23. The zero-order valence-corrected chi connectivity index (χ0v) is 21.8. The van der Waals surface area contributed by atoms with Gasteiger partial charge in [-0.15, -0.1) is 11.3 Å². The summed E-state index contributed by atoms with van der Waals surface area (Å²) in [5, 5.41) is 5.38. The largest absolute Gasteiger partial charge is 0.454 e. The van der Waals surface area contributed by atoms with Crippen LogP contribution in [0.5, 0.6) is 11.5 Å². The van der Waals surface area contributed by atoms with Crippen LogP contribution in [0, 0.1) is 0 Å². The van der Waals surface area contributed by atoms with Crippen molar-refractivity contribution in [1.29, 1.82) is 0 Å². The van der Waals surface area contributed by atoms with Crippen LogP contribution in [-0.2, 0) is 22.6 Å². The van der Waals surface area contributed by atoms with Crippen LogP contribution in [0.4, 0.5) is 10.5 Å². The van der Waals surface area contributed by atoms with Gasteiger partial charge in [0.25, 0.3) is 0 Å². The van der Waals surface area contributed by atoms with E-state index in [1.807, 2.05) is 35.7 Å². The standard InChI is InChI=1S/C27H28ClN3O5S/c28-20-4-1-5-21(13-20)29-27(33)31(15-22-6-2-10-34-22)17-26(32)30(16-23-7-3-11-37-23)14-19-8-9-24-25(12-19)36-18-35-24/h1,3-5,7-9,11-13,22H,2,6,10,14-18H2,(H,29,33). The highest BCUT2D eigenvalue weighted by molar-refractivity contribution is 7.09. The van der Waals surface area contributed by atoms with Crippen molar-refractivity contribution >= 4 is 40.6 Å². The van der Waals surface area contributed by atoms with Crippen molar-refractivity contribution in [2.24, 2.45) is 0 Å². The van der Waals surface area contributed by atoms with Crippen molar-refractivity contribution in [3.8, 4) is 11.5 Å². The fourth-order valence-corrected chi connectivity index (χ4v) is 5.28. The molecule has 2 aromatic carbocycles. The monoisotopic (exact) mass is 541 g/mol. The highest BCUT2D eigenvalue weighted by Crippen LogP contribution is 2.33. The van der Waals surface area contributed by atoms with Crippen LogP contribution >= 0.6 is 22.9 Å². The predicted octanol–water partition coefficient (Wildman–Crippen LogP) is 5.37. The summed E-state index contributed by atoms with van der Waals surface area (Å²) in [5.74, 6) is 1.20. The molecule has 2 aliphatic heterocycles. The quantitative estimate of drug-likeness (QED) is 0.394. The summed E-state index contributed by atoms with van der Waals surface area (Å²) >= 11 is 7.68. The Bertz CT molecular complexity index is 1230. The Labute approximate surface area is 224 Å². The molecule has 3 heterocycles. The Kier molecular flexibility index (Phi) is 8.13. The second kappa shape index (κ2) is 11.9. The number of thiophene rings is 1. The van der Waals surface area contributed by atoms with Crippen LogP contribution in [0.1, 0.15) is 23.3 Å². The van der Waals surface area contributed by atoms with Gasteiger partial charge in [0.2, 0.25) is 12.7 Å². The first-order chi connectivity index (χ1) is 18.0. The third kappa shape index (κ3) is 6.74. The summed E-state index contributed by atoms with van der Waals surface area (Å²) in [6, 6.07) is 16.2. The van der Waals surface area contributed by atoms with Gasteiger partial charge < -0.3 is 29.3 Å². The molecule has 2 aliphatic rings. The molecule has 3 amide bonds. The summed E-state index contributed by atoms with van der Waals surface area (Å²) in [7, 11) is 0. The van der Waals surface area contributed by atoms with E-state index >= 15 is 0 Å². The molecule has 194 valence electrons. The average molecular weight is 542 g/mol. The van der Waals surface area contributed by atoms with Crippen molar-refractivity contribution in [2.75, 3.05) is 31.8 Å². The lowest BCUT2D eigenvalue weighted by Crippen LogP contribution is -2.46. The van der Waals surface area contributed by atoms with Crippen LogP contribution in [0.3, 0.4) is 0 Å². The van der Waals surface area contributed by atoms with Gasteiger partial charge in [-0.3, -0.25) is 4.79 Å². The van der Waals surface area contributed by atoms with Crippen LogP contribution in [-0.4, -0.2) is 54.3 Å². The Morgan fingerprint density at radius 2 is 1.92 bits per heavy atom. The molecule has 8 nitrogen and oxygen atoms in total. The smallest absolute Gasteiger partial charge is 0.322 e. The molecule has 3 aromatic rings. The molecule has 0 bridgehead atoms. The molecule has 1 atom stereocenters. The van der Waals surface area contributed by atoms with E-state index in [0.717, 1.165) is 23.3 Å². The van der Waals surface area contributed by atoms with Crippen molar-refractivity contribution in [3.63, 3.8) is 0 Å². The summed E-state index contributed by atoms with van der Waals surface area (Å²) in [4.78, 5) is 31.3. The van der Waals surface area contributed by atoms with Gasteiger partial charge in [-0.1, -0.05) is 29.8 Å². The number of anilines is 1. The van der Waals surface area contributed by atoms with Crippen molar-refractivity contribution in [2.45, 2.75) is 32.0 Å². The first-order valence-electron chi connectivity index (χ1n) is 12.2. The van der Waals surface area contributed by atoms with Gasteiger partial charge in [0.1, 0.15) is 6.54 Å². The molecular weight excluding hydrogens is 514 g/mol. The maximum absolute atomic E-state index is 13.7. The molecule has 0 aliphatic carbocycles. The molecule has 0 radical (unpaired) electrons. The van der Waals surface area contributed by atoms with E-state index in [9.17, 15) is 9.59 Å². The average Bonchev–Trinajstić information content (AvgIpc) is 3.66. The number of halogens is 1. The topological polar surface area (TPSA) is 80.3 Å². The number of amides is 3. The minimum absolute atomic E-state index is 0.0812. The van der Waals surface area contributed by atoms with E-state index in [1.165, 1.54) is 4.90 Å². The van der Waals surface area contributed by atoms with E-state index in [2.05, 4.69) is 5.32 Å². The molecule has 1 N–H and O–H groups in total. The number of hydrogen-bond acceptors (Lipinski definition) is 6. The van der Waals surface area contributed by atoms with E-state index in [1.54, 1.807) is 40.5 Å². The molecule has 0 spiro atoms. The fourth-order valence-electron chi connectivity index (χ4n) is 4.37. The highest BCUT2D eigenvalue weighted by Gasteiger charge is 2.27. The molecule has 37 heavy (non-hydrogen) atoms. The molecule has 10 heteroatoms. The van der Waals surface area contributed by atoms with Crippen molar-refractivity contribution in [3.05, 3.63) is 75.4 Å². The van der Waals surface area contributed by atoms with Gasteiger partial charge in [-0.2, -0.15) is 0 Å². The first kappa shape index (κ1) is 25.4. The lowest BCUT2D eigenvalue weighted by Gasteiger charge is -2.29. The number of ether oxygens (including phenoxy) is 3. The Morgan fingerprint density at radius 3 is 2.70 bits per heavy atom. The van der Waals surface area contributed by atoms with E-state index < -0.39 is 0 Å². The van der Waals surface area contributed by atoms with Crippen LogP contribution < -0.4 is 14.8 Å². The van der Waals surface area contributed by atoms with E-state index in [-0.39, 0.29) is 31.4 Å². The molecule has 0 saturated carbocycles. The number of nitrogens with zero attached hydrogens (tertiary/aromatic N) is 2. The van der Waals surface area contributed by atoms with Crippen molar-refractivity contribution in [1.82, 2.24) is 9.80 Å². The van der Waals surface area contributed by atoms with Crippen LogP contribution in [0.25, 0.3) is 0 Å². The summed E-state index contributed by atoms with van der Waals surface area (Å²) in [6.07, 6.45) is 1.69. The zero-order chi connectivity index (χ0) is 25.6. The summed E-state index contributed by atoms with van der Waals surface area (Å²) in [6.45, 7) is 1.91. The van der Waals surface area contributed by atoms with Gasteiger partial charge in [-0.25, -0.2) is 4.79 Å². The van der Waals surface area contributed by atoms with Gasteiger partial charge in [-0.05, 0) is 60.2 Å². The molecule has 1 fully saturated rings. The molecular formula is C27H28ClN3O5S. The van der Waals surface area contributed by atoms with Gasteiger partial charge >= 0.3 is 6.03 Å². The summed E-state index contributed by atoms with van der Waals surface area (Å²) in [5.41, 5.74) is 1.49. The number of carbonyl (C=O) groups excluding carboxylic acids is 2. The normalized spacial score (nSPS) is 16.0. The Balaban J connectivity index is 1.33. The van der Waals surface area contributed by atoms with Gasteiger partial charge in [0, 0.05) is 35.3 Å². The SMILES string of the molecule is O=C(CN(CC1CCCO1)C(=O)Nc1cccc(Cl)c1)N(Cc1ccc2c(c1)OCO2)Cc1cccs1. The van der Waals surface area contributed by atoms with Crippen LogP contribution in [0.15, 0.2) is 60.0 Å². The zero-order valence-electron chi connectivity index (χ0n) is 20.2. The Morgan fingerprint density at radius 1 is 1.03 bits per heavy atom. The van der Waals surface area contributed by atoms with E-state index in [4.69, 9.17) is 25.8 Å². The fraction of sp³-hybridized carbons (Fsp3) is 0.333. The van der Waals surface area contributed by atoms with Gasteiger partial charge in [0.05, 0.1) is 12.6 Å². The molecule has 1 unspecified atom stereocenters. The predicted molar refractivity (Wildman–Crippen MR) is 142 cm³/mol. The van der Waals surface area contributed by atoms with Crippen LogP contribution in [0.2, 0.25) is 5.02 Å². The highest BCUT2D eigenvalue weighted by atomic mass is 35.5. The third-order valence-corrected chi connectivity index (χ3v) is 7.32. The number of urea groups is 1. The minimum Gasteiger partial charge on any atom is -0.454 e. The second-order valence-electron chi connectivity index (χ2n) is 8.97. The number of hydrogen-bond donors (Lipinski definition) is 1. The number of rotatable bonds is 9.